The van der Waals surface area contributed by atoms with Crippen molar-refractivity contribution in [2.75, 3.05) is 11.9 Å². The fourth-order valence-corrected chi connectivity index (χ4v) is 2.70. The van der Waals surface area contributed by atoms with E-state index in [9.17, 15) is 4.79 Å². The lowest BCUT2D eigenvalue weighted by molar-refractivity contribution is -0.438. The molecule has 3 rings (SSSR count). The number of benzene rings is 2. The summed E-state index contributed by atoms with van der Waals surface area (Å²) in [5.74, 6) is 0.828. The number of carbonyl (C=O) groups excluding carboxylic acids is 1. The van der Waals surface area contributed by atoms with E-state index >= 15 is 0 Å². The van der Waals surface area contributed by atoms with Crippen LogP contribution in [0.2, 0.25) is 0 Å². The molecule has 1 amide bonds. The lowest BCUT2D eigenvalue weighted by Gasteiger charge is -2.13. The third kappa shape index (κ3) is 3.17. The fourth-order valence-electron chi connectivity index (χ4n) is 2.70. The maximum atomic E-state index is 12.1. The summed E-state index contributed by atoms with van der Waals surface area (Å²) in [6.45, 7) is 5.04. The predicted molar refractivity (Wildman–Crippen MR) is 87.4 cm³/mol. The van der Waals surface area contributed by atoms with Crippen LogP contribution in [-0.2, 0) is 11.3 Å². The fraction of sp³-hybridized carbons (Fsp3) is 0.222. The van der Waals surface area contributed by atoms with Crippen LogP contribution >= 0.6 is 0 Å². The van der Waals surface area contributed by atoms with E-state index in [-0.39, 0.29) is 5.91 Å². The van der Waals surface area contributed by atoms with Crippen LogP contribution in [0.5, 0.6) is 0 Å². The Labute approximate surface area is 130 Å². The van der Waals surface area contributed by atoms with Gasteiger partial charge in [-0.25, -0.2) is 5.32 Å². The highest BCUT2D eigenvalue weighted by Crippen LogP contribution is 2.15. The minimum atomic E-state index is 0.0794. The number of nitrogens with zero attached hydrogens (tertiary/aromatic N) is 1. The molecule has 0 fully saturated rings. The molecule has 0 aliphatic carbocycles. The van der Waals surface area contributed by atoms with E-state index in [0.29, 0.717) is 13.1 Å². The van der Waals surface area contributed by atoms with Crippen molar-refractivity contribution >= 4 is 17.6 Å². The summed E-state index contributed by atoms with van der Waals surface area (Å²) in [6, 6.07) is 16.3. The second kappa shape index (κ2) is 6.02. The molecular formula is C18H20N3O+. The highest BCUT2D eigenvalue weighted by Gasteiger charge is 2.32. The Morgan fingerprint density at radius 2 is 1.77 bits per heavy atom. The SMILES string of the molecule is Cc1cc(C)cc(NC2=[NH+]CC(=O)N2Cc2ccccc2)c1. The molecule has 0 saturated heterocycles. The molecule has 4 heteroatoms. The zero-order chi connectivity index (χ0) is 15.5. The molecule has 1 heterocycles. The largest absolute Gasteiger partial charge is 0.358 e. The Morgan fingerprint density at radius 1 is 1.09 bits per heavy atom. The first-order valence-electron chi connectivity index (χ1n) is 7.42. The maximum Gasteiger partial charge on any atom is 0.358 e. The highest BCUT2D eigenvalue weighted by atomic mass is 16.2. The van der Waals surface area contributed by atoms with Gasteiger partial charge in [-0.15, -0.1) is 0 Å². The number of anilines is 1. The van der Waals surface area contributed by atoms with Crippen LogP contribution < -0.4 is 10.3 Å². The van der Waals surface area contributed by atoms with Gasteiger partial charge in [0.25, 0.3) is 0 Å². The Bertz CT molecular complexity index is 702. The molecule has 0 bridgehead atoms. The number of hydrogen-bond acceptors (Lipinski definition) is 2. The zero-order valence-electron chi connectivity index (χ0n) is 12.9. The maximum absolute atomic E-state index is 12.1. The van der Waals surface area contributed by atoms with Crippen molar-refractivity contribution in [3.63, 3.8) is 0 Å². The van der Waals surface area contributed by atoms with Crippen molar-refractivity contribution in [1.29, 1.82) is 0 Å². The lowest BCUT2D eigenvalue weighted by Crippen LogP contribution is -2.72. The molecule has 2 aromatic carbocycles. The van der Waals surface area contributed by atoms with Gasteiger partial charge in [0.1, 0.15) is 6.54 Å². The first kappa shape index (κ1) is 14.3. The minimum Gasteiger partial charge on any atom is -0.266 e. The third-order valence-electron chi connectivity index (χ3n) is 3.65. The van der Waals surface area contributed by atoms with Crippen LogP contribution in [0.15, 0.2) is 48.5 Å². The van der Waals surface area contributed by atoms with Crippen LogP contribution in [-0.4, -0.2) is 23.3 Å². The van der Waals surface area contributed by atoms with Crippen molar-refractivity contribution in [2.45, 2.75) is 20.4 Å². The molecule has 0 spiro atoms. The highest BCUT2D eigenvalue weighted by molar-refractivity contribution is 6.04. The molecule has 1 aliphatic rings. The van der Waals surface area contributed by atoms with Gasteiger partial charge in [0.05, 0.1) is 5.69 Å². The lowest BCUT2D eigenvalue weighted by atomic mass is 10.1. The second-order valence-corrected chi connectivity index (χ2v) is 5.67. The minimum absolute atomic E-state index is 0.0794. The third-order valence-corrected chi connectivity index (χ3v) is 3.65. The number of guanidine groups is 1. The molecule has 2 aromatic rings. The molecule has 4 nitrogen and oxygen atoms in total. The van der Waals surface area contributed by atoms with Gasteiger partial charge in [0.15, 0.2) is 6.54 Å². The van der Waals surface area contributed by atoms with Gasteiger partial charge in [-0.3, -0.25) is 9.79 Å². The summed E-state index contributed by atoms with van der Waals surface area (Å²) in [4.78, 5) is 17.0. The predicted octanol–water partition coefficient (Wildman–Crippen LogP) is 1.19. The molecule has 0 atom stereocenters. The van der Waals surface area contributed by atoms with E-state index in [2.05, 4.69) is 42.4 Å². The normalized spacial score (nSPS) is 14.2. The zero-order valence-corrected chi connectivity index (χ0v) is 12.9. The molecule has 112 valence electrons. The van der Waals surface area contributed by atoms with Gasteiger partial charge >= 0.3 is 11.9 Å². The first-order chi connectivity index (χ1) is 10.6. The first-order valence-corrected chi connectivity index (χ1v) is 7.42. The van der Waals surface area contributed by atoms with E-state index in [1.54, 1.807) is 4.90 Å². The summed E-state index contributed by atoms with van der Waals surface area (Å²) in [6.07, 6.45) is 0. The molecular weight excluding hydrogens is 274 g/mol. The average Bonchev–Trinajstić information content (AvgIpc) is 2.80. The van der Waals surface area contributed by atoms with Gasteiger partial charge < -0.3 is 0 Å². The topological polar surface area (TPSA) is 46.3 Å². The van der Waals surface area contributed by atoms with Crippen molar-refractivity contribution in [3.8, 4) is 0 Å². The molecule has 0 saturated carbocycles. The van der Waals surface area contributed by atoms with Crippen LogP contribution in [0.1, 0.15) is 16.7 Å². The van der Waals surface area contributed by atoms with Crippen molar-refractivity contribution in [2.24, 2.45) is 0 Å². The van der Waals surface area contributed by atoms with Crippen LogP contribution in [0.3, 0.4) is 0 Å². The average molecular weight is 294 g/mol. The van der Waals surface area contributed by atoms with E-state index in [4.69, 9.17) is 0 Å². The number of nitrogens with one attached hydrogen (secondary N) is 2. The summed E-state index contributed by atoms with van der Waals surface area (Å²) >= 11 is 0. The van der Waals surface area contributed by atoms with Gasteiger partial charge in [-0.05, 0) is 42.7 Å². The monoisotopic (exact) mass is 294 g/mol. The number of hydrogen-bond donors (Lipinski definition) is 2. The molecule has 0 unspecified atom stereocenters. The molecule has 2 N–H and O–H groups in total. The Balaban J connectivity index is 1.78. The van der Waals surface area contributed by atoms with Crippen molar-refractivity contribution in [3.05, 3.63) is 65.2 Å². The van der Waals surface area contributed by atoms with Gasteiger partial charge in [0, 0.05) is 0 Å². The number of aryl methyl sites for hydroxylation is 2. The van der Waals surface area contributed by atoms with Crippen LogP contribution in [0, 0.1) is 13.8 Å². The summed E-state index contributed by atoms with van der Waals surface area (Å²) in [5.41, 5.74) is 4.50. The van der Waals surface area contributed by atoms with Gasteiger partial charge in [-0.1, -0.05) is 36.4 Å². The van der Waals surface area contributed by atoms with Crippen molar-refractivity contribution < 1.29 is 9.79 Å². The standard InChI is InChI=1S/C18H19N3O/c1-13-8-14(2)10-16(9-13)20-18-19-11-17(22)21(18)12-15-6-4-3-5-7-15/h3-10H,11-12H2,1-2H3,(H,19,20)/p+1. The van der Waals surface area contributed by atoms with E-state index in [0.717, 1.165) is 17.2 Å². The van der Waals surface area contributed by atoms with Crippen LogP contribution in [0.4, 0.5) is 5.69 Å². The second-order valence-electron chi connectivity index (χ2n) is 5.67. The van der Waals surface area contributed by atoms with Gasteiger partial charge in [0.2, 0.25) is 0 Å². The van der Waals surface area contributed by atoms with Gasteiger partial charge in [-0.2, -0.15) is 4.90 Å². The van der Waals surface area contributed by atoms with E-state index in [1.165, 1.54) is 11.1 Å². The summed E-state index contributed by atoms with van der Waals surface area (Å²) in [7, 11) is 0. The molecule has 1 aliphatic heterocycles. The number of amides is 1. The molecule has 0 aromatic heterocycles. The molecule has 0 radical (unpaired) electrons. The number of carbonyl (C=O) groups is 1. The Morgan fingerprint density at radius 3 is 2.45 bits per heavy atom. The number of rotatable bonds is 3. The smallest absolute Gasteiger partial charge is 0.266 e. The summed E-state index contributed by atoms with van der Waals surface area (Å²) < 4.78 is 0. The van der Waals surface area contributed by atoms with Crippen molar-refractivity contribution in [1.82, 2.24) is 4.90 Å². The van der Waals surface area contributed by atoms with E-state index in [1.807, 2.05) is 30.3 Å². The van der Waals surface area contributed by atoms with Crippen LogP contribution in [0.25, 0.3) is 0 Å². The Kier molecular flexibility index (Phi) is 3.92. The quantitative estimate of drug-likeness (QED) is 0.893. The summed E-state index contributed by atoms with van der Waals surface area (Å²) in [5, 5.41) is 3.33. The van der Waals surface area contributed by atoms with E-state index < -0.39 is 0 Å². The Hall–Kier alpha value is -2.62. The molecule has 22 heavy (non-hydrogen) atoms.